The van der Waals surface area contributed by atoms with E-state index < -0.39 is 23.7 Å². The van der Waals surface area contributed by atoms with E-state index in [9.17, 15) is 14.4 Å². The molecule has 6 heteroatoms. The number of benzene rings is 1. The van der Waals surface area contributed by atoms with Gasteiger partial charge in [-0.3, -0.25) is 4.79 Å². The molecule has 0 bridgehead atoms. The fourth-order valence-electron chi connectivity index (χ4n) is 1.84. The van der Waals surface area contributed by atoms with Crippen LogP contribution < -0.4 is 5.32 Å². The summed E-state index contributed by atoms with van der Waals surface area (Å²) in [7, 11) is 0. The Hall–Kier alpha value is -2.37. The number of hydrogen-bond donors (Lipinski definition) is 1. The van der Waals surface area contributed by atoms with Crippen LogP contribution in [0.4, 0.5) is 4.79 Å². The lowest BCUT2D eigenvalue weighted by Crippen LogP contribution is -2.45. The second-order valence-electron chi connectivity index (χ2n) is 6.39. The van der Waals surface area contributed by atoms with Crippen LogP contribution in [0.3, 0.4) is 0 Å². The van der Waals surface area contributed by atoms with Crippen LogP contribution in [0.15, 0.2) is 30.3 Å². The fourth-order valence-corrected chi connectivity index (χ4v) is 1.84. The summed E-state index contributed by atoms with van der Waals surface area (Å²) in [4.78, 5) is 35.8. The lowest BCUT2D eigenvalue weighted by Gasteiger charge is -2.22. The number of hydrogen-bond acceptors (Lipinski definition) is 5. The molecule has 6 nitrogen and oxygen atoms in total. The van der Waals surface area contributed by atoms with E-state index in [2.05, 4.69) is 5.32 Å². The Morgan fingerprint density at radius 2 is 1.75 bits per heavy atom. The zero-order valence-electron chi connectivity index (χ0n) is 14.6. The number of amides is 1. The van der Waals surface area contributed by atoms with Crippen molar-refractivity contribution in [2.75, 3.05) is 0 Å². The number of Topliss-reactive ketones (excluding diaryl/α,β-unsaturated/α-hetero) is 1. The molecular weight excluding hydrogens is 310 g/mol. The maximum Gasteiger partial charge on any atom is 0.408 e. The Morgan fingerprint density at radius 3 is 2.29 bits per heavy atom. The molecule has 0 unspecified atom stereocenters. The standard InChI is InChI=1S/C18H25NO5/c1-5-14(20)11-15(19-17(22)24-18(2,3)4)16(21)23-12-13-9-7-6-8-10-13/h6-10,15H,5,11-12H2,1-4H3,(H,19,22)/t15-/m0/s1. The van der Waals surface area contributed by atoms with Gasteiger partial charge in [0.1, 0.15) is 24.0 Å². The van der Waals surface area contributed by atoms with Crippen LogP contribution in [-0.2, 0) is 25.7 Å². The maximum atomic E-state index is 12.2. The second kappa shape index (κ2) is 9.05. The molecule has 0 aromatic heterocycles. The van der Waals surface area contributed by atoms with Crippen molar-refractivity contribution in [3.05, 3.63) is 35.9 Å². The molecule has 0 saturated carbocycles. The Morgan fingerprint density at radius 1 is 1.12 bits per heavy atom. The van der Waals surface area contributed by atoms with Crippen molar-refractivity contribution in [1.29, 1.82) is 0 Å². The van der Waals surface area contributed by atoms with E-state index in [1.807, 2.05) is 30.3 Å². The largest absolute Gasteiger partial charge is 0.459 e. The van der Waals surface area contributed by atoms with Gasteiger partial charge in [-0.05, 0) is 26.3 Å². The molecule has 1 amide bonds. The summed E-state index contributed by atoms with van der Waals surface area (Å²) >= 11 is 0. The first-order chi connectivity index (χ1) is 11.2. The van der Waals surface area contributed by atoms with E-state index in [1.54, 1.807) is 27.7 Å². The van der Waals surface area contributed by atoms with E-state index in [1.165, 1.54) is 0 Å². The normalized spacial score (nSPS) is 12.2. The number of rotatable bonds is 7. The smallest absolute Gasteiger partial charge is 0.408 e. The van der Waals surface area contributed by atoms with Gasteiger partial charge in [0.15, 0.2) is 0 Å². The second-order valence-corrected chi connectivity index (χ2v) is 6.39. The van der Waals surface area contributed by atoms with Gasteiger partial charge >= 0.3 is 12.1 Å². The van der Waals surface area contributed by atoms with Crippen LogP contribution in [0.25, 0.3) is 0 Å². The van der Waals surface area contributed by atoms with E-state index in [0.29, 0.717) is 0 Å². The summed E-state index contributed by atoms with van der Waals surface area (Å²) < 4.78 is 10.3. The predicted molar refractivity (Wildman–Crippen MR) is 89.3 cm³/mol. The highest BCUT2D eigenvalue weighted by Gasteiger charge is 2.27. The van der Waals surface area contributed by atoms with E-state index in [0.717, 1.165) is 5.56 Å². The fraction of sp³-hybridized carbons (Fsp3) is 0.500. The molecule has 0 heterocycles. The minimum Gasteiger partial charge on any atom is -0.459 e. The quantitative estimate of drug-likeness (QED) is 0.775. The van der Waals surface area contributed by atoms with E-state index >= 15 is 0 Å². The molecule has 0 fully saturated rings. The molecule has 1 aromatic rings. The van der Waals surface area contributed by atoms with Crippen molar-refractivity contribution in [3.63, 3.8) is 0 Å². The summed E-state index contributed by atoms with van der Waals surface area (Å²) in [5.74, 6) is -0.806. The number of carbonyl (C=O) groups is 3. The number of alkyl carbamates (subject to hydrolysis) is 1. The first kappa shape index (κ1) is 19.7. The third-order valence-corrected chi connectivity index (χ3v) is 3.03. The molecule has 24 heavy (non-hydrogen) atoms. The van der Waals surface area contributed by atoms with Crippen molar-refractivity contribution >= 4 is 17.8 Å². The van der Waals surface area contributed by atoms with Gasteiger partial charge in [-0.2, -0.15) is 0 Å². The van der Waals surface area contributed by atoms with Gasteiger partial charge in [-0.25, -0.2) is 9.59 Å². The summed E-state index contributed by atoms with van der Waals surface area (Å²) in [6.07, 6.45) is -0.602. The maximum absolute atomic E-state index is 12.2. The van der Waals surface area contributed by atoms with Gasteiger partial charge in [0.25, 0.3) is 0 Å². The molecule has 0 saturated heterocycles. The number of ketones is 1. The Balaban J connectivity index is 2.67. The first-order valence-electron chi connectivity index (χ1n) is 7.93. The Kier molecular flexibility index (Phi) is 7.42. The average Bonchev–Trinajstić information content (AvgIpc) is 2.51. The van der Waals surface area contributed by atoms with Crippen LogP contribution in [0.5, 0.6) is 0 Å². The van der Waals surface area contributed by atoms with Crippen LogP contribution in [0.1, 0.15) is 46.1 Å². The highest BCUT2D eigenvalue weighted by Crippen LogP contribution is 2.09. The van der Waals surface area contributed by atoms with Crippen LogP contribution in [-0.4, -0.2) is 29.5 Å². The van der Waals surface area contributed by atoms with Crippen LogP contribution in [0.2, 0.25) is 0 Å². The molecular formula is C18H25NO5. The summed E-state index contributed by atoms with van der Waals surface area (Å²) in [6, 6.07) is 8.11. The summed E-state index contributed by atoms with van der Waals surface area (Å²) in [5, 5.41) is 2.42. The molecule has 132 valence electrons. The number of nitrogens with one attached hydrogen (secondary N) is 1. The molecule has 1 N–H and O–H groups in total. The van der Waals surface area contributed by atoms with Gasteiger partial charge in [0.05, 0.1) is 0 Å². The topological polar surface area (TPSA) is 81.7 Å². The van der Waals surface area contributed by atoms with Gasteiger partial charge in [-0.15, -0.1) is 0 Å². The summed E-state index contributed by atoms with van der Waals surface area (Å²) in [6.45, 7) is 6.92. The molecule has 0 spiro atoms. The minimum atomic E-state index is -1.06. The Bertz CT molecular complexity index is 563. The molecule has 0 aliphatic carbocycles. The predicted octanol–water partition coefficient (Wildman–Crippen LogP) is 2.99. The molecule has 0 radical (unpaired) electrons. The molecule has 1 rings (SSSR count). The van der Waals surface area contributed by atoms with Gasteiger partial charge in [-0.1, -0.05) is 37.3 Å². The van der Waals surface area contributed by atoms with Gasteiger partial charge in [0, 0.05) is 12.8 Å². The first-order valence-corrected chi connectivity index (χ1v) is 7.93. The minimum absolute atomic E-state index is 0.0759. The molecule has 1 aromatic carbocycles. The van der Waals surface area contributed by atoms with Crippen molar-refractivity contribution in [1.82, 2.24) is 5.32 Å². The Labute approximate surface area is 142 Å². The van der Waals surface area contributed by atoms with Gasteiger partial charge < -0.3 is 14.8 Å². The van der Waals surface area contributed by atoms with Crippen LogP contribution >= 0.6 is 0 Å². The number of carbonyl (C=O) groups excluding carboxylic acids is 3. The zero-order chi connectivity index (χ0) is 18.2. The van der Waals surface area contributed by atoms with Crippen molar-refractivity contribution in [2.45, 2.75) is 58.8 Å². The molecule has 0 aliphatic rings. The van der Waals surface area contributed by atoms with Crippen molar-refractivity contribution in [2.24, 2.45) is 0 Å². The lowest BCUT2D eigenvalue weighted by atomic mass is 10.1. The number of ether oxygens (including phenoxy) is 2. The van der Waals surface area contributed by atoms with E-state index in [-0.39, 0.29) is 25.2 Å². The highest BCUT2D eigenvalue weighted by molar-refractivity contribution is 5.88. The lowest BCUT2D eigenvalue weighted by molar-refractivity contribution is -0.148. The van der Waals surface area contributed by atoms with Gasteiger partial charge in [0.2, 0.25) is 0 Å². The molecule has 1 atom stereocenters. The SMILES string of the molecule is CCC(=O)C[C@H](NC(=O)OC(C)(C)C)C(=O)OCc1ccccc1. The number of esters is 1. The van der Waals surface area contributed by atoms with E-state index in [4.69, 9.17) is 9.47 Å². The van der Waals surface area contributed by atoms with Crippen LogP contribution in [0, 0.1) is 0 Å². The van der Waals surface area contributed by atoms with Crippen molar-refractivity contribution in [3.8, 4) is 0 Å². The highest BCUT2D eigenvalue weighted by atomic mass is 16.6. The summed E-state index contributed by atoms with van der Waals surface area (Å²) in [5.41, 5.74) is 0.126. The van der Waals surface area contributed by atoms with Crippen molar-refractivity contribution < 1.29 is 23.9 Å². The average molecular weight is 335 g/mol. The zero-order valence-corrected chi connectivity index (χ0v) is 14.6. The monoisotopic (exact) mass is 335 g/mol. The third-order valence-electron chi connectivity index (χ3n) is 3.03. The third kappa shape index (κ3) is 7.76. The molecule has 0 aliphatic heterocycles.